The van der Waals surface area contributed by atoms with Crippen LogP contribution in [-0.2, 0) is 0 Å². The molecule has 58 valence electrons. The van der Waals surface area contributed by atoms with E-state index in [9.17, 15) is 20.2 Å². The van der Waals surface area contributed by atoms with Crippen LogP contribution in [0.3, 0.4) is 0 Å². The third kappa shape index (κ3) is 4.26. The first-order valence-corrected chi connectivity index (χ1v) is 2.00. The second kappa shape index (κ2) is 5.43. The zero-order valence-corrected chi connectivity index (χ0v) is 4.68. The van der Waals surface area contributed by atoms with Crippen LogP contribution in [0.4, 0.5) is 0 Å². The van der Waals surface area contributed by atoms with Gasteiger partial charge in [-0.15, -0.1) is 0 Å². The van der Waals surface area contributed by atoms with Crippen molar-refractivity contribution in [3.8, 4) is 0 Å². The molecule has 0 fully saturated rings. The quantitative estimate of drug-likeness (QED) is 0.290. The molecule has 0 aliphatic rings. The molecule has 0 unspecified atom stereocenters. The molecule has 0 aliphatic carbocycles. The zero-order chi connectivity index (χ0) is 8.31. The van der Waals surface area contributed by atoms with Crippen molar-refractivity contribution < 1.29 is 9.85 Å². The molecule has 0 radical (unpaired) electrons. The minimum absolute atomic E-state index is 0. The van der Waals surface area contributed by atoms with E-state index in [0.717, 1.165) is 0 Å². The summed E-state index contributed by atoms with van der Waals surface area (Å²) in [7, 11) is 0. The predicted octanol–water partition coefficient (Wildman–Crippen LogP) is -2.06. The van der Waals surface area contributed by atoms with E-state index < -0.39 is 21.5 Å². The topological polar surface area (TPSA) is 138 Å². The molecule has 0 aromatic rings. The monoisotopic (exact) mass is 188 g/mol. The second-order valence-corrected chi connectivity index (χ2v) is 1.29. The molecule has 0 atom stereocenters. The number of nitrogens with two attached hydrogens (primary N) is 2. The summed E-state index contributed by atoms with van der Waals surface area (Å²) in [6.07, 6.45) is 0. The van der Waals surface area contributed by atoms with Crippen molar-refractivity contribution in [2.45, 2.75) is 0 Å². The van der Waals surface area contributed by atoms with Crippen molar-refractivity contribution in [2.24, 2.45) is 11.5 Å². The van der Waals surface area contributed by atoms with Gasteiger partial charge < -0.3 is 11.5 Å². The van der Waals surface area contributed by atoms with E-state index in [2.05, 4.69) is 11.5 Å². The fourth-order valence-corrected chi connectivity index (χ4v) is 0.277. The molecule has 0 bridgehead atoms. The van der Waals surface area contributed by atoms with Gasteiger partial charge >= 0.3 is 57.2 Å². The summed E-state index contributed by atoms with van der Waals surface area (Å²) in [5, 5.41) is 19.5. The van der Waals surface area contributed by atoms with Gasteiger partial charge in [-0.05, 0) is 0 Å². The summed E-state index contributed by atoms with van der Waals surface area (Å²) in [6.45, 7) is 0. The standard InChI is InChI=1S/C2H4N4O4.K.H/c3-1(4)2(5(7)8)6(9)10;;/h3-4H2;;. The van der Waals surface area contributed by atoms with Gasteiger partial charge in [0, 0.05) is 0 Å². The van der Waals surface area contributed by atoms with Gasteiger partial charge in [-0.2, -0.15) is 0 Å². The van der Waals surface area contributed by atoms with Crippen LogP contribution in [0.2, 0.25) is 0 Å². The van der Waals surface area contributed by atoms with Crippen LogP contribution in [0.1, 0.15) is 0 Å². The van der Waals surface area contributed by atoms with Crippen LogP contribution in [-0.4, -0.2) is 61.2 Å². The van der Waals surface area contributed by atoms with Crippen molar-refractivity contribution in [1.29, 1.82) is 0 Å². The van der Waals surface area contributed by atoms with Crippen LogP contribution in [0, 0.1) is 20.2 Å². The van der Waals surface area contributed by atoms with Gasteiger partial charge in [0.05, 0.1) is 0 Å². The van der Waals surface area contributed by atoms with Crippen molar-refractivity contribution >= 4 is 51.4 Å². The summed E-state index contributed by atoms with van der Waals surface area (Å²) >= 11 is 0. The normalized spacial score (nSPS) is 7.64. The van der Waals surface area contributed by atoms with Gasteiger partial charge in [-0.3, -0.25) is 20.2 Å². The summed E-state index contributed by atoms with van der Waals surface area (Å²) < 4.78 is 0. The van der Waals surface area contributed by atoms with E-state index in [-0.39, 0.29) is 51.4 Å². The van der Waals surface area contributed by atoms with Gasteiger partial charge in [0.2, 0.25) is 0 Å². The number of nitro groups is 2. The summed E-state index contributed by atoms with van der Waals surface area (Å²) in [5.41, 5.74) is 9.23. The number of nitrogens with zero attached hydrogens (tertiary/aromatic N) is 2. The predicted molar refractivity (Wildman–Crippen MR) is 36.5 cm³/mol. The summed E-state index contributed by atoms with van der Waals surface area (Å²) in [4.78, 5) is 16.9. The van der Waals surface area contributed by atoms with E-state index >= 15 is 0 Å². The van der Waals surface area contributed by atoms with Crippen LogP contribution >= 0.6 is 0 Å². The molecular formula is C2H5KN4O4. The Morgan fingerprint density at radius 2 is 1.36 bits per heavy atom. The number of hydrogen-bond acceptors (Lipinski definition) is 6. The molecule has 0 saturated carbocycles. The molecule has 11 heavy (non-hydrogen) atoms. The van der Waals surface area contributed by atoms with Crippen LogP contribution in [0.15, 0.2) is 11.6 Å². The first-order chi connectivity index (χ1) is 4.46. The average molecular weight is 188 g/mol. The Labute approximate surface area is 103 Å². The van der Waals surface area contributed by atoms with E-state index in [0.29, 0.717) is 0 Å². The zero-order valence-electron chi connectivity index (χ0n) is 4.68. The Hall–Kier alpha value is -0.224. The van der Waals surface area contributed by atoms with E-state index in [1.807, 2.05) is 0 Å². The van der Waals surface area contributed by atoms with Gasteiger partial charge in [-0.1, -0.05) is 0 Å². The molecule has 0 spiro atoms. The average Bonchev–Trinajstić information content (AvgIpc) is 1.59. The Morgan fingerprint density at radius 3 is 1.36 bits per heavy atom. The van der Waals surface area contributed by atoms with Crippen molar-refractivity contribution in [2.75, 3.05) is 0 Å². The summed E-state index contributed by atoms with van der Waals surface area (Å²) in [5.74, 6) is -2.30. The number of hydrogen-bond donors (Lipinski definition) is 2. The molecule has 0 aliphatic heterocycles. The maximum absolute atomic E-state index is 9.73. The molecule has 0 aromatic heterocycles. The SMILES string of the molecule is NC(N)=C([N+](=O)[O-])[N+](=O)[O-].[KH]. The van der Waals surface area contributed by atoms with E-state index in [4.69, 9.17) is 0 Å². The Morgan fingerprint density at radius 1 is 1.09 bits per heavy atom. The third-order valence-corrected chi connectivity index (χ3v) is 0.604. The van der Waals surface area contributed by atoms with Crippen LogP contribution in [0.25, 0.3) is 0 Å². The van der Waals surface area contributed by atoms with Crippen molar-refractivity contribution in [1.82, 2.24) is 0 Å². The molecule has 9 heteroatoms. The fourth-order valence-electron chi connectivity index (χ4n) is 0.277. The molecule has 0 saturated heterocycles. The van der Waals surface area contributed by atoms with Gasteiger partial charge in [-0.25, -0.2) is 0 Å². The van der Waals surface area contributed by atoms with Gasteiger partial charge in [0.15, 0.2) is 0 Å². The third-order valence-electron chi connectivity index (χ3n) is 0.604. The molecule has 0 rings (SSSR count). The molecule has 0 heterocycles. The second-order valence-electron chi connectivity index (χ2n) is 1.29. The molecule has 0 aromatic carbocycles. The molecule has 0 amide bonds. The van der Waals surface area contributed by atoms with E-state index in [1.54, 1.807) is 0 Å². The van der Waals surface area contributed by atoms with Gasteiger partial charge in [0.1, 0.15) is 9.85 Å². The fraction of sp³-hybridized carbons (Fsp3) is 0. The first-order valence-electron chi connectivity index (χ1n) is 2.00. The molecule has 8 nitrogen and oxygen atoms in total. The molecular weight excluding hydrogens is 183 g/mol. The molecule has 4 N–H and O–H groups in total. The van der Waals surface area contributed by atoms with E-state index in [1.165, 1.54) is 0 Å². The van der Waals surface area contributed by atoms with Crippen molar-refractivity contribution in [3.05, 3.63) is 31.9 Å². The minimum atomic E-state index is -1.39. The van der Waals surface area contributed by atoms with Crippen LogP contribution < -0.4 is 11.5 Å². The Balaban J connectivity index is 0. The maximum atomic E-state index is 9.73. The van der Waals surface area contributed by atoms with Crippen LogP contribution in [0.5, 0.6) is 0 Å². The first kappa shape index (κ1) is 13.4. The Kier molecular flexibility index (Phi) is 6.60. The number of rotatable bonds is 2. The van der Waals surface area contributed by atoms with Crippen molar-refractivity contribution in [3.63, 3.8) is 0 Å². The summed E-state index contributed by atoms with van der Waals surface area (Å²) in [6, 6.07) is 0. The Bertz CT molecular complexity index is 192. The van der Waals surface area contributed by atoms with Gasteiger partial charge in [0.25, 0.3) is 5.82 Å².